The number of nitrogens with zero attached hydrogens (tertiary/aromatic N) is 2. The van der Waals surface area contributed by atoms with Crippen LogP contribution in [0.4, 0.5) is 17.3 Å². The number of benzene rings is 2. The highest BCUT2D eigenvalue weighted by atomic mass is 16.5. The third-order valence-corrected chi connectivity index (χ3v) is 4.31. The second kappa shape index (κ2) is 9.68. The van der Waals surface area contributed by atoms with E-state index in [1.807, 2.05) is 68.4 Å². The molecule has 0 aliphatic carbocycles. The van der Waals surface area contributed by atoms with Crippen molar-refractivity contribution in [2.75, 3.05) is 17.2 Å². The fourth-order valence-corrected chi connectivity index (χ4v) is 2.89. The standard InChI is InChI=1S/C23H26N4O2/c1-4-18-8-10-21(11-9-18)29-13-12-22(28)26-19-6-5-7-20(15-19)27-23-24-16(2)14-17(3)25-23/h5-11,14-15H,4,12-13H2,1-3H3,(H,26,28)(H,24,25,27). The fraction of sp³-hybridized carbons (Fsp3) is 0.261. The Bertz CT molecular complexity index is 951. The topological polar surface area (TPSA) is 76.1 Å². The Morgan fingerprint density at radius 3 is 2.34 bits per heavy atom. The van der Waals surface area contributed by atoms with Crippen LogP contribution in [-0.2, 0) is 11.2 Å². The number of ether oxygens (including phenoxy) is 1. The van der Waals surface area contributed by atoms with Gasteiger partial charge in [0, 0.05) is 22.8 Å². The molecule has 150 valence electrons. The number of anilines is 3. The molecule has 0 atom stereocenters. The maximum Gasteiger partial charge on any atom is 0.227 e. The molecule has 3 rings (SSSR count). The molecular formula is C23H26N4O2. The van der Waals surface area contributed by atoms with Crippen LogP contribution in [-0.4, -0.2) is 22.5 Å². The summed E-state index contributed by atoms with van der Waals surface area (Å²) in [6, 6.07) is 17.3. The van der Waals surface area contributed by atoms with Gasteiger partial charge in [0.15, 0.2) is 0 Å². The number of nitrogens with one attached hydrogen (secondary N) is 2. The van der Waals surface area contributed by atoms with Crippen LogP contribution in [0.5, 0.6) is 5.75 Å². The van der Waals surface area contributed by atoms with Crippen molar-refractivity contribution in [3.8, 4) is 5.75 Å². The normalized spacial score (nSPS) is 10.4. The molecule has 2 N–H and O–H groups in total. The van der Waals surface area contributed by atoms with Crippen molar-refractivity contribution in [2.45, 2.75) is 33.6 Å². The zero-order valence-electron chi connectivity index (χ0n) is 17.0. The largest absolute Gasteiger partial charge is 0.493 e. The molecule has 0 spiro atoms. The summed E-state index contributed by atoms with van der Waals surface area (Å²) < 4.78 is 5.65. The Labute approximate surface area is 171 Å². The third-order valence-electron chi connectivity index (χ3n) is 4.31. The lowest BCUT2D eigenvalue weighted by Gasteiger charge is -2.10. The highest BCUT2D eigenvalue weighted by Crippen LogP contribution is 2.19. The molecule has 0 radical (unpaired) electrons. The Kier molecular flexibility index (Phi) is 6.79. The Morgan fingerprint density at radius 2 is 1.66 bits per heavy atom. The van der Waals surface area contributed by atoms with E-state index in [9.17, 15) is 4.79 Å². The molecule has 3 aromatic rings. The number of hydrogen-bond donors (Lipinski definition) is 2. The second-order valence-corrected chi connectivity index (χ2v) is 6.82. The lowest BCUT2D eigenvalue weighted by atomic mass is 10.2. The van der Waals surface area contributed by atoms with Crippen molar-refractivity contribution >= 4 is 23.2 Å². The van der Waals surface area contributed by atoms with Crippen LogP contribution in [0.25, 0.3) is 0 Å². The molecule has 0 saturated heterocycles. The van der Waals surface area contributed by atoms with E-state index in [2.05, 4.69) is 27.5 Å². The number of carbonyl (C=O) groups excluding carboxylic acids is 1. The molecule has 29 heavy (non-hydrogen) atoms. The van der Waals surface area contributed by atoms with Crippen molar-refractivity contribution in [1.29, 1.82) is 0 Å². The lowest BCUT2D eigenvalue weighted by molar-refractivity contribution is -0.116. The first kappa shape index (κ1) is 20.3. The highest BCUT2D eigenvalue weighted by molar-refractivity contribution is 5.91. The van der Waals surface area contributed by atoms with Gasteiger partial charge in [-0.15, -0.1) is 0 Å². The van der Waals surface area contributed by atoms with E-state index < -0.39 is 0 Å². The summed E-state index contributed by atoms with van der Waals surface area (Å²) in [6.07, 6.45) is 1.26. The number of carbonyl (C=O) groups is 1. The first-order valence-electron chi connectivity index (χ1n) is 9.73. The average molecular weight is 390 g/mol. The summed E-state index contributed by atoms with van der Waals surface area (Å²) >= 11 is 0. The Hall–Kier alpha value is -3.41. The molecule has 1 amide bonds. The van der Waals surface area contributed by atoms with E-state index in [1.54, 1.807) is 0 Å². The lowest BCUT2D eigenvalue weighted by Crippen LogP contribution is -2.15. The maximum atomic E-state index is 12.2. The van der Waals surface area contributed by atoms with E-state index in [-0.39, 0.29) is 12.3 Å². The predicted octanol–water partition coefficient (Wildman–Crippen LogP) is 4.81. The minimum absolute atomic E-state index is 0.102. The summed E-state index contributed by atoms with van der Waals surface area (Å²) in [5.41, 5.74) is 4.56. The number of aryl methyl sites for hydroxylation is 3. The van der Waals surface area contributed by atoms with Crippen LogP contribution in [0.15, 0.2) is 54.6 Å². The first-order valence-corrected chi connectivity index (χ1v) is 9.73. The summed E-state index contributed by atoms with van der Waals surface area (Å²) in [4.78, 5) is 21.0. The monoisotopic (exact) mass is 390 g/mol. The molecule has 6 heteroatoms. The third kappa shape index (κ3) is 6.31. The predicted molar refractivity (Wildman–Crippen MR) is 116 cm³/mol. The molecule has 1 heterocycles. The smallest absolute Gasteiger partial charge is 0.227 e. The van der Waals surface area contributed by atoms with E-state index >= 15 is 0 Å². The quantitative estimate of drug-likeness (QED) is 0.577. The minimum atomic E-state index is -0.102. The zero-order valence-corrected chi connectivity index (χ0v) is 17.0. The summed E-state index contributed by atoms with van der Waals surface area (Å²) in [5, 5.41) is 6.07. The Balaban J connectivity index is 1.51. The number of aromatic nitrogens is 2. The number of amides is 1. The second-order valence-electron chi connectivity index (χ2n) is 6.82. The van der Waals surface area contributed by atoms with Crippen LogP contribution in [0.2, 0.25) is 0 Å². The van der Waals surface area contributed by atoms with E-state index in [4.69, 9.17) is 4.74 Å². The van der Waals surface area contributed by atoms with Crippen LogP contribution < -0.4 is 15.4 Å². The van der Waals surface area contributed by atoms with Crippen molar-refractivity contribution in [3.05, 3.63) is 71.5 Å². The van der Waals surface area contributed by atoms with Gasteiger partial charge in [0.05, 0.1) is 13.0 Å². The van der Waals surface area contributed by atoms with E-state index in [0.29, 0.717) is 18.2 Å². The van der Waals surface area contributed by atoms with Gasteiger partial charge in [-0.25, -0.2) is 9.97 Å². The molecule has 0 aliphatic rings. The first-order chi connectivity index (χ1) is 14.0. The molecule has 1 aromatic heterocycles. The van der Waals surface area contributed by atoms with Gasteiger partial charge in [0.25, 0.3) is 0 Å². The maximum absolute atomic E-state index is 12.2. The van der Waals surface area contributed by atoms with Crippen LogP contribution >= 0.6 is 0 Å². The molecule has 0 unspecified atom stereocenters. The van der Waals surface area contributed by atoms with Gasteiger partial charge >= 0.3 is 0 Å². The number of hydrogen-bond acceptors (Lipinski definition) is 5. The molecule has 0 saturated carbocycles. The summed E-state index contributed by atoms with van der Waals surface area (Å²) in [5.74, 6) is 1.21. The average Bonchev–Trinajstić information content (AvgIpc) is 2.68. The van der Waals surface area contributed by atoms with E-state index in [1.165, 1.54) is 5.56 Å². The zero-order chi connectivity index (χ0) is 20.6. The van der Waals surface area contributed by atoms with E-state index in [0.717, 1.165) is 29.2 Å². The van der Waals surface area contributed by atoms with Crippen molar-refractivity contribution in [1.82, 2.24) is 9.97 Å². The van der Waals surface area contributed by atoms with Crippen LogP contribution in [0.3, 0.4) is 0 Å². The minimum Gasteiger partial charge on any atom is -0.493 e. The number of rotatable bonds is 8. The molecule has 0 aliphatic heterocycles. The van der Waals surface area contributed by atoms with Crippen LogP contribution in [0, 0.1) is 13.8 Å². The van der Waals surface area contributed by atoms with Gasteiger partial charge in [-0.3, -0.25) is 4.79 Å². The van der Waals surface area contributed by atoms with Gasteiger partial charge in [0.2, 0.25) is 11.9 Å². The summed E-state index contributed by atoms with van der Waals surface area (Å²) in [6.45, 7) is 6.29. The SMILES string of the molecule is CCc1ccc(OCCC(=O)Nc2cccc(Nc3nc(C)cc(C)n3)c2)cc1. The molecular weight excluding hydrogens is 364 g/mol. The van der Waals surface area contributed by atoms with Gasteiger partial charge in [0.1, 0.15) is 5.75 Å². The molecule has 0 fully saturated rings. The van der Waals surface area contributed by atoms with Crippen molar-refractivity contribution < 1.29 is 9.53 Å². The van der Waals surface area contributed by atoms with Crippen molar-refractivity contribution in [2.24, 2.45) is 0 Å². The summed E-state index contributed by atoms with van der Waals surface area (Å²) in [7, 11) is 0. The molecule has 0 bridgehead atoms. The molecule has 2 aromatic carbocycles. The van der Waals surface area contributed by atoms with Crippen molar-refractivity contribution in [3.63, 3.8) is 0 Å². The van der Waals surface area contributed by atoms with Crippen LogP contribution in [0.1, 0.15) is 30.3 Å². The highest BCUT2D eigenvalue weighted by Gasteiger charge is 2.06. The Morgan fingerprint density at radius 1 is 0.966 bits per heavy atom. The van der Waals surface area contributed by atoms with Gasteiger partial charge in [-0.05, 0) is 62.2 Å². The molecule has 6 nitrogen and oxygen atoms in total. The van der Waals surface area contributed by atoms with Gasteiger partial charge in [-0.2, -0.15) is 0 Å². The fourth-order valence-electron chi connectivity index (χ4n) is 2.89. The van der Waals surface area contributed by atoms with Gasteiger partial charge in [-0.1, -0.05) is 25.1 Å². The van der Waals surface area contributed by atoms with Gasteiger partial charge < -0.3 is 15.4 Å².